The van der Waals surface area contributed by atoms with Gasteiger partial charge in [-0.3, -0.25) is 14.0 Å². The van der Waals surface area contributed by atoms with E-state index in [0.717, 1.165) is 6.07 Å². The molecule has 2 amide bonds. The lowest BCUT2D eigenvalue weighted by molar-refractivity contribution is -0.158. The van der Waals surface area contributed by atoms with E-state index in [0.29, 0.717) is 24.2 Å². The third kappa shape index (κ3) is 8.85. The van der Waals surface area contributed by atoms with Crippen molar-refractivity contribution in [3.63, 3.8) is 0 Å². The number of alkyl carbamates (subject to hydrolysis) is 1. The summed E-state index contributed by atoms with van der Waals surface area (Å²) in [5.41, 5.74) is 4.41. The van der Waals surface area contributed by atoms with Crippen molar-refractivity contribution in [3.05, 3.63) is 76.7 Å². The third-order valence-electron chi connectivity index (χ3n) is 6.50. The maximum atomic E-state index is 13.7. The molecule has 1 aromatic carbocycles. The van der Waals surface area contributed by atoms with E-state index in [9.17, 15) is 27.6 Å². The zero-order chi connectivity index (χ0) is 34.5. The van der Waals surface area contributed by atoms with Gasteiger partial charge in [0.2, 0.25) is 14.7 Å². The fraction of sp³-hybridized carbons (Fsp3) is 0.438. The van der Waals surface area contributed by atoms with Crippen LogP contribution in [0.3, 0.4) is 0 Å². The highest BCUT2D eigenvalue weighted by atomic mass is 32.2. The number of sulfone groups is 1. The Morgan fingerprint density at radius 1 is 0.935 bits per heavy atom. The van der Waals surface area contributed by atoms with Gasteiger partial charge in [0.15, 0.2) is 0 Å². The van der Waals surface area contributed by atoms with Gasteiger partial charge in [0.25, 0.3) is 11.5 Å². The molecule has 3 rings (SSSR count). The molecule has 0 bridgehead atoms. The van der Waals surface area contributed by atoms with Crippen LogP contribution in [0.4, 0.5) is 4.79 Å². The standard InChI is InChI=1S/C32H42N4O9S/c1-21(32(33,28(39)44-30(2,3)4)46(41,42)25-12-9-8-10-13-25)35-27(38)22-18-23-14-15-24(20-36(23)26(37)19-22)43-17-11-16-34-29(40)45-31(5,6)7/h8-10,12-15,18-21H,11,16-17,33H2,1-7H3,(H,34,40)(H,35,38)/t21?,32-/m0/s1. The second-order valence-electron chi connectivity index (χ2n) is 12.7. The van der Waals surface area contributed by atoms with Crippen LogP contribution in [-0.2, 0) is 24.1 Å². The summed E-state index contributed by atoms with van der Waals surface area (Å²) in [5.74, 6) is -1.69. The molecule has 0 saturated heterocycles. The number of fused-ring (bicyclic) bond motifs is 1. The van der Waals surface area contributed by atoms with Gasteiger partial charge in [0.1, 0.15) is 17.0 Å². The lowest BCUT2D eigenvalue weighted by atomic mass is 10.1. The highest BCUT2D eigenvalue weighted by Gasteiger charge is 2.55. The Labute approximate surface area is 268 Å². The molecule has 250 valence electrons. The molecule has 0 radical (unpaired) electrons. The van der Waals surface area contributed by atoms with E-state index in [2.05, 4.69) is 10.6 Å². The first-order valence-electron chi connectivity index (χ1n) is 14.6. The summed E-state index contributed by atoms with van der Waals surface area (Å²) in [6.45, 7) is 11.8. The number of nitrogens with two attached hydrogens (primary N) is 1. The van der Waals surface area contributed by atoms with Crippen LogP contribution in [-0.4, -0.2) is 66.1 Å². The van der Waals surface area contributed by atoms with Gasteiger partial charge in [0.05, 0.1) is 23.7 Å². The van der Waals surface area contributed by atoms with Crippen LogP contribution in [0, 0.1) is 0 Å². The second-order valence-corrected chi connectivity index (χ2v) is 14.8. The number of carbonyl (C=O) groups excluding carboxylic acids is 3. The fourth-order valence-corrected chi connectivity index (χ4v) is 5.94. The lowest BCUT2D eigenvalue weighted by Crippen LogP contribution is -2.67. The molecule has 13 nitrogen and oxygen atoms in total. The van der Waals surface area contributed by atoms with Crippen LogP contribution >= 0.6 is 0 Å². The summed E-state index contributed by atoms with van der Waals surface area (Å²) in [6, 6.07) is 11.3. The topological polar surface area (TPSA) is 185 Å². The first-order chi connectivity index (χ1) is 21.2. The van der Waals surface area contributed by atoms with E-state index in [4.69, 9.17) is 19.9 Å². The molecule has 2 atom stereocenters. The zero-order valence-corrected chi connectivity index (χ0v) is 27.9. The molecule has 0 spiro atoms. The lowest BCUT2D eigenvalue weighted by Gasteiger charge is -2.35. The summed E-state index contributed by atoms with van der Waals surface area (Å²) in [6.07, 6.45) is 1.41. The number of pyridine rings is 2. The number of esters is 1. The fourth-order valence-electron chi connectivity index (χ4n) is 4.25. The smallest absolute Gasteiger partial charge is 0.407 e. The van der Waals surface area contributed by atoms with Gasteiger partial charge in [-0.05, 0) is 85.2 Å². The van der Waals surface area contributed by atoms with Crippen molar-refractivity contribution >= 4 is 33.3 Å². The molecule has 0 fully saturated rings. The number of hydrogen-bond acceptors (Lipinski definition) is 10. The largest absolute Gasteiger partial charge is 0.492 e. The minimum atomic E-state index is -4.59. The first kappa shape index (κ1) is 36.0. The molecule has 46 heavy (non-hydrogen) atoms. The molecule has 4 N–H and O–H groups in total. The highest BCUT2D eigenvalue weighted by Crippen LogP contribution is 2.28. The Hall–Kier alpha value is -4.43. The molecule has 0 aliphatic rings. The SMILES string of the molecule is CC(NC(=O)c1cc(=O)n2cc(OCCCNC(=O)OC(C)(C)C)ccc2c1)[C@@](N)(C(=O)OC(C)(C)C)S(=O)(=O)c1ccccc1. The van der Waals surface area contributed by atoms with Crippen LogP contribution in [0.5, 0.6) is 5.75 Å². The molecule has 0 aliphatic carbocycles. The van der Waals surface area contributed by atoms with Gasteiger partial charge < -0.3 is 30.6 Å². The van der Waals surface area contributed by atoms with Crippen molar-refractivity contribution in [2.24, 2.45) is 5.73 Å². The summed E-state index contributed by atoms with van der Waals surface area (Å²) >= 11 is 0. The third-order valence-corrected chi connectivity index (χ3v) is 8.80. The van der Waals surface area contributed by atoms with E-state index < -0.39 is 55.5 Å². The maximum absolute atomic E-state index is 13.7. The number of nitrogens with one attached hydrogen (secondary N) is 2. The van der Waals surface area contributed by atoms with E-state index in [1.54, 1.807) is 59.7 Å². The van der Waals surface area contributed by atoms with Gasteiger partial charge in [-0.25, -0.2) is 18.0 Å². The van der Waals surface area contributed by atoms with E-state index in [1.807, 2.05) is 0 Å². The summed E-state index contributed by atoms with van der Waals surface area (Å²) in [7, 11) is -4.59. The highest BCUT2D eigenvalue weighted by molar-refractivity contribution is 7.93. The van der Waals surface area contributed by atoms with Crippen molar-refractivity contribution in [2.75, 3.05) is 13.2 Å². The van der Waals surface area contributed by atoms with E-state index in [1.165, 1.54) is 47.9 Å². The molecule has 2 aromatic heterocycles. The van der Waals surface area contributed by atoms with Gasteiger partial charge in [-0.15, -0.1) is 0 Å². The van der Waals surface area contributed by atoms with Gasteiger partial charge in [-0.2, -0.15) is 0 Å². The van der Waals surface area contributed by atoms with E-state index >= 15 is 0 Å². The van der Waals surface area contributed by atoms with Crippen LogP contribution in [0.25, 0.3) is 5.52 Å². The van der Waals surface area contributed by atoms with Crippen molar-refractivity contribution in [3.8, 4) is 5.75 Å². The second kappa shape index (κ2) is 13.9. The Kier molecular flexibility index (Phi) is 10.9. The van der Waals surface area contributed by atoms with Crippen molar-refractivity contribution in [1.82, 2.24) is 15.0 Å². The van der Waals surface area contributed by atoms with Crippen LogP contribution < -0.4 is 26.7 Å². The predicted octanol–water partition coefficient (Wildman–Crippen LogP) is 3.18. The Morgan fingerprint density at radius 3 is 2.17 bits per heavy atom. The number of ether oxygens (including phenoxy) is 3. The Morgan fingerprint density at radius 2 is 1.57 bits per heavy atom. The average molecular weight is 659 g/mol. The summed E-state index contributed by atoms with van der Waals surface area (Å²) in [5, 5.41) is 5.12. The molecule has 3 aromatic rings. The maximum Gasteiger partial charge on any atom is 0.407 e. The summed E-state index contributed by atoms with van der Waals surface area (Å²) < 4.78 is 45.0. The number of rotatable bonds is 11. The number of aromatic nitrogens is 1. The van der Waals surface area contributed by atoms with Crippen molar-refractivity contribution in [2.45, 2.75) is 81.9 Å². The molecule has 0 saturated carbocycles. The number of benzene rings is 1. The Bertz CT molecular complexity index is 1740. The normalized spacial score (nSPS) is 14.1. The van der Waals surface area contributed by atoms with Gasteiger partial charge in [0, 0.05) is 23.7 Å². The molecule has 1 unspecified atom stereocenters. The monoisotopic (exact) mass is 658 g/mol. The minimum Gasteiger partial charge on any atom is -0.492 e. The molecular weight excluding hydrogens is 616 g/mol. The van der Waals surface area contributed by atoms with Crippen molar-refractivity contribution < 1.29 is 37.0 Å². The number of carbonyl (C=O) groups is 3. The molecular formula is C32H42N4O9S. The predicted molar refractivity (Wildman–Crippen MR) is 171 cm³/mol. The molecule has 14 heteroatoms. The van der Waals surface area contributed by atoms with Crippen LogP contribution in [0.2, 0.25) is 0 Å². The Balaban J connectivity index is 1.77. The molecule has 2 heterocycles. The van der Waals surface area contributed by atoms with Crippen LogP contribution in [0.1, 0.15) is 65.2 Å². The van der Waals surface area contributed by atoms with Crippen molar-refractivity contribution in [1.29, 1.82) is 0 Å². The van der Waals surface area contributed by atoms with Gasteiger partial charge >= 0.3 is 12.1 Å². The average Bonchev–Trinajstić information content (AvgIpc) is 2.95. The zero-order valence-electron chi connectivity index (χ0n) is 27.1. The first-order valence-corrected chi connectivity index (χ1v) is 16.1. The number of hydrogen-bond donors (Lipinski definition) is 3. The van der Waals surface area contributed by atoms with Crippen LogP contribution in [0.15, 0.2) is 70.5 Å². The van der Waals surface area contributed by atoms with E-state index in [-0.39, 0.29) is 17.1 Å². The number of nitrogens with zero attached hydrogens (tertiary/aromatic N) is 1. The summed E-state index contributed by atoms with van der Waals surface area (Å²) in [4.78, 5) is 48.5. The minimum absolute atomic E-state index is 0.0811. The molecule has 0 aliphatic heterocycles. The quantitative estimate of drug-likeness (QED) is 0.204. The van der Waals surface area contributed by atoms with Gasteiger partial charge in [-0.1, -0.05) is 18.2 Å². The number of amides is 2.